The Morgan fingerprint density at radius 2 is 1.94 bits per heavy atom. The van der Waals surface area contributed by atoms with Crippen molar-refractivity contribution in [2.45, 2.75) is 31.8 Å². The fourth-order valence-corrected chi connectivity index (χ4v) is 2.16. The highest BCUT2D eigenvalue weighted by atomic mass is 32.2. The number of benzene rings is 1. The zero-order valence-corrected chi connectivity index (χ0v) is 11.0. The SMILES string of the molecule is CC(=O)O[C@H](C)/C=C/[S@@](=O)c1ccc(C)cc1. The van der Waals surface area contributed by atoms with Crippen LogP contribution in [0.2, 0.25) is 0 Å². The number of aryl methyl sites for hydroxylation is 1. The Morgan fingerprint density at radius 1 is 1.35 bits per heavy atom. The van der Waals surface area contributed by atoms with E-state index in [2.05, 4.69) is 0 Å². The largest absolute Gasteiger partial charge is 0.459 e. The fourth-order valence-electron chi connectivity index (χ4n) is 1.23. The summed E-state index contributed by atoms with van der Waals surface area (Å²) in [6.07, 6.45) is 1.26. The van der Waals surface area contributed by atoms with Crippen LogP contribution in [0.5, 0.6) is 0 Å². The van der Waals surface area contributed by atoms with Crippen LogP contribution >= 0.6 is 0 Å². The Balaban J connectivity index is 2.63. The first-order valence-electron chi connectivity index (χ1n) is 5.32. The van der Waals surface area contributed by atoms with Crippen molar-refractivity contribution in [1.82, 2.24) is 0 Å². The molecule has 0 saturated carbocycles. The molecule has 0 bridgehead atoms. The second-order valence-corrected chi connectivity index (χ2v) is 5.09. The molecule has 0 radical (unpaired) electrons. The van der Waals surface area contributed by atoms with E-state index in [1.54, 1.807) is 13.0 Å². The van der Waals surface area contributed by atoms with E-state index in [0.29, 0.717) is 0 Å². The number of rotatable bonds is 4. The first-order valence-corrected chi connectivity index (χ1v) is 6.53. The molecule has 17 heavy (non-hydrogen) atoms. The summed E-state index contributed by atoms with van der Waals surface area (Å²) >= 11 is 0. The lowest BCUT2D eigenvalue weighted by atomic mass is 10.2. The van der Waals surface area contributed by atoms with E-state index in [0.717, 1.165) is 10.5 Å². The third kappa shape index (κ3) is 4.95. The second-order valence-electron chi connectivity index (χ2n) is 3.75. The molecule has 0 aliphatic carbocycles. The molecule has 0 unspecified atom stereocenters. The van der Waals surface area contributed by atoms with Crippen LogP contribution in [0.3, 0.4) is 0 Å². The zero-order chi connectivity index (χ0) is 12.8. The van der Waals surface area contributed by atoms with Crippen LogP contribution in [0.1, 0.15) is 19.4 Å². The monoisotopic (exact) mass is 252 g/mol. The molecule has 2 atom stereocenters. The summed E-state index contributed by atoms with van der Waals surface area (Å²) in [5, 5.41) is 1.54. The van der Waals surface area contributed by atoms with Crippen molar-refractivity contribution in [3.8, 4) is 0 Å². The average molecular weight is 252 g/mol. The first kappa shape index (κ1) is 13.6. The van der Waals surface area contributed by atoms with E-state index in [4.69, 9.17) is 4.74 Å². The molecule has 0 spiro atoms. The van der Waals surface area contributed by atoms with Crippen LogP contribution in [0.15, 0.2) is 40.6 Å². The summed E-state index contributed by atoms with van der Waals surface area (Å²) in [4.78, 5) is 11.4. The van der Waals surface area contributed by atoms with Crippen molar-refractivity contribution in [1.29, 1.82) is 0 Å². The summed E-state index contributed by atoms with van der Waals surface area (Å²) in [7, 11) is -1.20. The molecule has 0 aliphatic heterocycles. The molecule has 92 valence electrons. The Bertz CT molecular complexity index is 434. The summed E-state index contributed by atoms with van der Waals surface area (Å²) in [6, 6.07) is 7.48. The number of esters is 1. The van der Waals surface area contributed by atoms with Gasteiger partial charge in [0.05, 0.1) is 10.8 Å². The summed E-state index contributed by atoms with van der Waals surface area (Å²) < 4.78 is 16.7. The van der Waals surface area contributed by atoms with Gasteiger partial charge in [-0.05, 0) is 32.1 Å². The lowest BCUT2D eigenvalue weighted by molar-refractivity contribution is -0.143. The van der Waals surface area contributed by atoms with Gasteiger partial charge in [0.2, 0.25) is 0 Å². The topological polar surface area (TPSA) is 43.4 Å². The molecule has 4 heteroatoms. The van der Waals surface area contributed by atoms with Crippen LogP contribution in [0.4, 0.5) is 0 Å². The van der Waals surface area contributed by atoms with Gasteiger partial charge >= 0.3 is 5.97 Å². The smallest absolute Gasteiger partial charge is 0.303 e. The summed E-state index contributed by atoms with van der Waals surface area (Å²) in [5.41, 5.74) is 1.13. The average Bonchev–Trinajstić information content (AvgIpc) is 2.26. The Kier molecular flexibility index (Phi) is 5.10. The van der Waals surface area contributed by atoms with Crippen molar-refractivity contribution in [3.63, 3.8) is 0 Å². The van der Waals surface area contributed by atoms with Gasteiger partial charge in [0.15, 0.2) is 0 Å². The molecule has 1 rings (SSSR count). The van der Waals surface area contributed by atoms with Crippen molar-refractivity contribution in [2.24, 2.45) is 0 Å². The van der Waals surface area contributed by atoms with E-state index in [-0.39, 0.29) is 12.1 Å². The normalized spacial score (nSPS) is 14.5. The second kappa shape index (κ2) is 6.35. The van der Waals surface area contributed by atoms with Crippen LogP contribution in [0, 0.1) is 6.92 Å². The molecule has 1 aromatic carbocycles. The minimum Gasteiger partial charge on any atom is -0.459 e. The minimum atomic E-state index is -1.20. The molecule has 0 aliphatic rings. The van der Waals surface area contributed by atoms with Gasteiger partial charge in [-0.2, -0.15) is 0 Å². The zero-order valence-electron chi connectivity index (χ0n) is 10.2. The highest BCUT2D eigenvalue weighted by Crippen LogP contribution is 2.09. The van der Waals surface area contributed by atoms with Gasteiger partial charge in [0, 0.05) is 17.2 Å². The third-order valence-corrected chi connectivity index (χ3v) is 3.22. The van der Waals surface area contributed by atoms with Crippen LogP contribution < -0.4 is 0 Å². The van der Waals surface area contributed by atoms with E-state index in [1.807, 2.05) is 31.2 Å². The number of hydrogen-bond donors (Lipinski definition) is 0. The lowest BCUT2D eigenvalue weighted by Crippen LogP contribution is -2.09. The van der Waals surface area contributed by atoms with Gasteiger partial charge in [-0.3, -0.25) is 4.79 Å². The number of ether oxygens (including phenoxy) is 1. The quantitative estimate of drug-likeness (QED) is 0.773. The standard InChI is InChI=1S/C13H16O3S/c1-10-4-6-13(7-5-10)17(15)9-8-11(2)16-12(3)14/h4-9,11H,1-3H3/b9-8+/t11-,17-/m1/s1. The molecular weight excluding hydrogens is 236 g/mol. The maximum atomic E-state index is 11.8. The van der Waals surface area contributed by atoms with Gasteiger partial charge in [0.1, 0.15) is 6.10 Å². The molecule has 1 aromatic rings. The highest BCUT2D eigenvalue weighted by Gasteiger charge is 2.02. The van der Waals surface area contributed by atoms with Crippen LogP contribution in [-0.2, 0) is 20.3 Å². The van der Waals surface area contributed by atoms with E-state index >= 15 is 0 Å². The van der Waals surface area contributed by atoms with Gasteiger partial charge in [0.25, 0.3) is 0 Å². The third-order valence-electron chi connectivity index (χ3n) is 2.08. The van der Waals surface area contributed by atoms with Crippen molar-refractivity contribution in [3.05, 3.63) is 41.3 Å². The lowest BCUT2D eigenvalue weighted by Gasteiger charge is -2.05. The number of hydrogen-bond acceptors (Lipinski definition) is 3. The number of carbonyl (C=O) groups excluding carboxylic acids is 1. The van der Waals surface area contributed by atoms with Crippen molar-refractivity contribution in [2.75, 3.05) is 0 Å². The molecule has 0 saturated heterocycles. The molecule has 0 aromatic heterocycles. The van der Waals surface area contributed by atoms with Crippen molar-refractivity contribution >= 4 is 16.8 Å². The molecule has 0 amide bonds. The molecule has 0 heterocycles. The van der Waals surface area contributed by atoms with Gasteiger partial charge in [-0.1, -0.05) is 17.7 Å². The predicted octanol–water partition coefficient (Wildman–Crippen LogP) is 2.57. The van der Waals surface area contributed by atoms with Crippen LogP contribution in [-0.4, -0.2) is 16.3 Å². The van der Waals surface area contributed by atoms with Crippen LogP contribution in [0.25, 0.3) is 0 Å². The van der Waals surface area contributed by atoms with Gasteiger partial charge in [-0.15, -0.1) is 0 Å². The maximum Gasteiger partial charge on any atom is 0.303 e. The van der Waals surface area contributed by atoms with E-state index in [9.17, 15) is 9.00 Å². The van der Waals surface area contributed by atoms with Gasteiger partial charge in [-0.25, -0.2) is 4.21 Å². The highest BCUT2D eigenvalue weighted by molar-refractivity contribution is 7.88. The first-order chi connectivity index (χ1) is 7.99. The fraction of sp³-hybridized carbons (Fsp3) is 0.308. The Hall–Kier alpha value is -1.42. The predicted molar refractivity (Wildman–Crippen MR) is 68.0 cm³/mol. The molecular formula is C13H16O3S. The molecule has 0 N–H and O–H groups in total. The summed E-state index contributed by atoms with van der Waals surface area (Å²) in [6.45, 7) is 5.05. The number of carbonyl (C=O) groups is 1. The van der Waals surface area contributed by atoms with Gasteiger partial charge < -0.3 is 4.74 Å². The minimum absolute atomic E-state index is 0.344. The van der Waals surface area contributed by atoms with E-state index < -0.39 is 10.8 Å². The van der Waals surface area contributed by atoms with E-state index in [1.165, 1.54) is 12.3 Å². The molecule has 3 nitrogen and oxygen atoms in total. The maximum absolute atomic E-state index is 11.8. The van der Waals surface area contributed by atoms with Crippen molar-refractivity contribution < 1.29 is 13.7 Å². The summed E-state index contributed by atoms with van der Waals surface area (Å²) in [5.74, 6) is -0.344. The Labute approximate surface area is 104 Å². The Morgan fingerprint density at radius 3 is 2.47 bits per heavy atom. The molecule has 0 fully saturated rings.